The van der Waals surface area contributed by atoms with Crippen molar-refractivity contribution in [2.75, 3.05) is 36.2 Å². The minimum atomic E-state index is 0.541. The Morgan fingerprint density at radius 1 is 0.800 bits per heavy atom. The van der Waals surface area contributed by atoms with Crippen LogP contribution in [0.5, 0.6) is 0 Å². The topological polar surface area (TPSA) is 18.5 Å². The van der Waals surface area contributed by atoms with Crippen LogP contribution in [-0.2, 0) is 9.47 Å². The lowest BCUT2D eigenvalue weighted by atomic mass is 10.1. The summed E-state index contributed by atoms with van der Waals surface area (Å²) in [7, 11) is 0. The number of rotatable bonds is 4. The SMILES string of the molecule is CC(C)CC1CSCCO1.CC(C)CC1CSCCO1. The van der Waals surface area contributed by atoms with E-state index in [2.05, 4.69) is 27.7 Å². The van der Waals surface area contributed by atoms with Gasteiger partial charge in [0.05, 0.1) is 25.4 Å². The van der Waals surface area contributed by atoms with E-state index in [1.807, 2.05) is 23.5 Å². The predicted octanol–water partition coefficient (Wildman–Crippen LogP) is 4.33. The first-order valence-electron chi connectivity index (χ1n) is 7.96. The first-order chi connectivity index (χ1) is 9.58. The van der Waals surface area contributed by atoms with Crippen LogP contribution in [0.3, 0.4) is 0 Å². The molecule has 0 amide bonds. The highest BCUT2D eigenvalue weighted by Crippen LogP contribution is 2.19. The second kappa shape index (κ2) is 11.2. The van der Waals surface area contributed by atoms with Gasteiger partial charge in [0.1, 0.15) is 0 Å². The van der Waals surface area contributed by atoms with E-state index in [4.69, 9.17) is 9.47 Å². The molecule has 2 aliphatic heterocycles. The molecule has 0 radical (unpaired) electrons. The standard InChI is InChI=1S/2C8H16OS/c2*1-7(2)5-8-6-10-4-3-9-8/h2*7-8H,3-6H2,1-2H3. The lowest BCUT2D eigenvalue weighted by Gasteiger charge is -2.23. The van der Waals surface area contributed by atoms with E-state index < -0.39 is 0 Å². The van der Waals surface area contributed by atoms with Crippen molar-refractivity contribution >= 4 is 23.5 Å². The third kappa shape index (κ3) is 9.54. The molecule has 0 spiro atoms. The fraction of sp³-hybridized carbons (Fsp3) is 1.00. The van der Waals surface area contributed by atoms with Gasteiger partial charge in [0, 0.05) is 23.0 Å². The smallest absolute Gasteiger partial charge is 0.0668 e. The molecule has 20 heavy (non-hydrogen) atoms. The van der Waals surface area contributed by atoms with Gasteiger partial charge in [-0.15, -0.1) is 0 Å². The van der Waals surface area contributed by atoms with Crippen LogP contribution in [0.2, 0.25) is 0 Å². The Morgan fingerprint density at radius 2 is 1.20 bits per heavy atom. The van der Waals surface area contributed by atoms with Gasteiger partial charge in [-0.05, 0) is 24.7 Å². The molecular formula is C16H32O2S2. The minimum Gasteiger partial charge on any atom is -0.376 e. The molecule has 0 aromatic rings. The van der Waals surface area contributed by atoms with Gasteiger partial charge in [0.2, 0.25) is 0 Å². The Labute approximate surface area is 134 Å². The van der Waals surface area contributed by atoms with E-state index in [-0.39, 0.29) is 0 Å². The Bertz CT molecular complexity index is 199. The first kappa shape index (κ1) is 18.7. The minimum absolute atomic E-state index is 0.541. The van der Waals surface area contributed by atoms with E-state index in [1.54, 1.807) is 0 Å². The third-order valence-corrected chi connectivity index (χ3v) is 5.36. The molecule has 2 atom stereocenters. The highest BCUT2D eigenvalue weighted by atomic mass is 32.2. The van der Waals surface area contributed by atoms with Gasteiger partial charge < -0.3 is 9.47 Å². The monoisotopic (exact) mass is 320 g/mol. The molecule has 0 aromatic heterocycles. The van der Waals surface area contributed by atoms with Crippen molar-refractivity contribution < 1.29 is 9.47 Å². The molecule has 2 fully saturated rings. The van der Waals surface area contributed by atoms with Crippen molar-refractivity contribution in [2.45, 2.75) is 52.7 Å². The fourth-order valence-corrected chi connectivity index (χ4v) is 4.15. The number of hydrogen-bond donors (Lipinski definition) is 0. The molecule has 2 unspecified atom stereocenters. The molecule has 2 heterocycles. The molecule has 0 aliphatic carbocycles. The van der Waals surface area contributed by atoms with Crippen molar-refractivity contribution in [3.63, 3.8) is 0 Å². The second-order valence-electron chi connectivity index (χ2n) is 6.39. The quantitative estimate of drug-likeness (QED) is 0.767. The van der Waals surface area contributed by atoms with Gasteiger partial charge in [-0.2, -0.15) is 23.5 Å². The van der Waals surface area contributed by atoms with Crippen LogP contribution >= 0.6 is 23.5 Å². The molecule has 2 saturated heterocycles. The lowest BCUT2D eigenvalue weighted by Crippen LogP contribution is -2.24. The molecule has 0 saturated carbocycles. The van der Waals surface area contributed by atoms with E-state index in [9.17, 15) is 0 Å². The zero-order chi connectivity index (χ0) is 14.8. The Hall–Kier alpha value is 0.620. The predicted molar refractivity (Wildman–Crippen MR) is 93.0 cm³/mol. The molecule has 0 aromatic carbocycles. The van der Waals surface area contributed by atoms with Gasteiger partial charge in [-0.1, -0.05) is 27.7 Å². The van der Waals surface area contributed by atoms with Crippen molar-refractivity contribution in [3.8, 4) is 0 Å². The molecule has 0 N–H and O–H groups in total. The second-order valence-corrected chi connectivity index (χ2v) is 8.69. The average Bonchev–Trinajstić information content (AvgIpc) is 2.40. The number of ether oxygens (including phenoxy) is 2. The van der Waals surface area contributed by atoms with Crippen LogP contribution in [0.25, 0.3) is 0 Å². The molecule has 120 valence electrons. The van der Waals surface area contributed by atoms with E-state index in [1.165, 1.54) is 35.9 Å². The maximum atomic E-state index is 5.57. The molecule has 2 rings (SSSR count). The van der Waals surface area contributed by atoms with E-state index >= 15 is 0 Å². The molecule has 0 bridgehead atoms. The average molecular weight is 321 g/mol. The molecular weight excluding hydrogens is 288 g/mol. The van der Waals surface area contributed by atoms with Crippen LogP contribution in [0, 0.1) is 11.8 Å². The number of thioether (sulfide) groups is 2. The summed E-state index contributed by atoms with van der Waals surface area (Å²) in [6.45, 7) is 10.9. The highest BCUT2D eigenvalue weighted by Gasteiger charge is 2.15. The third-order valence-electron chi connectivity index (χ3n) is 3.24. The molecule has 2 nitrogen and oxygen atoms in total. The summed E-state index contributed by atoms with van der Waals surface area (Å²) in [4.78, 5) is 0. The zero-order valence-corrected chi connectivity index (χ0v) is 15.2. The number of hydrogen-bond acceptors (Lipinski definition) is 4. The van der Waals surface area contributed by atoms with Gasteiger partial charge >= 0.3 is 0 Å². The van der Waals surface area contributed by atoms with Crippen LogP contribution in [0.4, 0.5) is 0 Å². The summed E-state index contributed by atoms with van der Waals surface area (Å²) in [5.41, 5.74) is 0. The maximum absolute atomic E-state index is 5.57. The van der Waals surface area contributed by atoms with Crippen molar-refractivity contribution in [1.29, 1.82) is 0 Å². The summed E-state index contributed by atoms with van der Waals surface area (Å²) < 4.78 is 11.1. The largest absolute Gasteiger partial charge is 0.376 e. The van der Waals surface area contributed by atoms with Crippen LogP contribution < -0.4 is 0 Å². The maximum Gasteiger partial charge on any atom is 0.0668 e. The Kier molecular flexibility index (Phi) is 10.5. The van der Waals surface area contributed by atoms with Crippen LogP contribution in [0.15, 0.2) is 0 Å². The normalized spacial score (nSPS) is 27.3. The lowest BCUT2D eigenvalue weighted by molar-refractivity contribution is 0.0607. The van der Waals surface area contributed by atoms with Gasteiger partial charge in [0.15, 0.2) is 0 Å². The van der Waals surface area contributed by atoms with Crippen molar-refractivity contribution in [3.05, 3.63) is 0 Å². The first-order valence-corrected chi connectivity index (χ1v) is 10.3. The summed E-state index contributed by atoms with van der Waals surface area (Å²) in [6.07, 6.45) is 3.54. The van der Waals surface area contributed by atoms with Gasteiger partial charge in [-0.25, -0.2) is 0 Å². The summed E-state index contributed by atoms with van der Waals surface area (Å²) in [5.74, 6) is 6.35. The van der Waals surface area contributed by atoms with Crippen LogP contribution in [0.1, 0.15) is 40.5 Å². The fourth-order valence-electron chi connectivity index (χ4n) is 2.40. The van der Waals surface area contributed by atoms with Gasteiger partial charge in [0.25, 0.3) is 0 Å². The van der Waals surface area contributed by atoms with E-state index in [0.717, 1.165) is 25.0 Å². The van der Waals surface area contributed by atoms with Gasteiger partial charge in [-0.3, -0.25) is 0 Å². The molecule has 2 aliphatic rings. The summed E-state index contributed by atoms with van der Waals surface area (Å²) in [6, 6.07) is 0. The summed E-state index contributed by atoms with van der Waals surface area (Å²) >= 11 is 4.04. The summed E-state index contributed by atoms with van der Waals surface area (Å²) in [5, 5.41) is 0. The zero-order valence-electron chi connectivity index (χ0n) is 13.6. The van der Waals surface area contributed by atoms with Crippen LogP contribution in [-0.4, -0.2) is 48.4 Å². The van der Waals surface area contributed by atoms with Crippen molar-refractivity contribution in [1.82, 2.24) is 0 Å². The Morgan fingerprint density at radius 3 is 1.45 bits per heavy atom. The molecule has 4 heteroatoms. The van der Waals surface area contributed by atoms with Crippen molar-refractivity contribution in [2.24, 2.45) is 11.8 Å². The Balaban J connectivity index is 0.000000200. The van der Waals surface area contributed by atoms with E-state index in [0.29, 0.717) is 12.2 Å². The highest BCUT2D eigenvalue weighted by molar-refractivity contribution is 7.99.